The van der Waals surface area contributed by atoms with Crippen molar-refractivity contribution in [2.75, 3.05) is 10.6 Å². The molecule has 2 heteroatoms. The second-order valence-electron chi connectivity index (χ2n) is 8.61. The van der Waals surface area contributed by atoms with Crippen LogP contribution in [0.25, 0.3) is 21.5 Å². The van der Waals surface area contributed by atoms with Crippen LogP contribution in [0.1, 0.15) is 40.7 Å². The summed E-state index contributed by atoms with van der Waals surface area (Å²) in [6, 6.07) is 48.3. The predicted octanol–water partition coefficient (Wildman–Crippen LogP) is 12.2. The molecular weight excluding hydrogens is 484 g/mol. The third kappa shape index (κ3) is 9.32. The first-order chi connectivity index (χ1) is 19.2. The van der Waals surface area contributed by atoms with Gasteiger partial charge in [0.15, 0.2) is 0 Å². The van der Waals surface area contributed by atoms with Gasteiger partial charge in [-0.2, -0.15) is 0 Å². The lowest BCUT2D eigenvalue weighted by molar-refractivity contribution is 1.46. The van der Waals surface area contributed by atoms with Gasteiger partial charge in [-0.15, -0.1) is 0 Å². The van der Waals surface area contributed by atoms with Crippen LogP contribution >= 0.6 is 0 Å². The zero-order valence-corrected chi connectivity index (χ0v) is 23.8. The number of aryl methyl sites for hydroxylation is 1. The third-order valence-electron chi connectivity index (χ3n) is 5.90. The van der Waals surface area contributed by atoms with E-state index in [0.717, 1.165) is 22.7 Å². The first-order valence-electron chi connectivity index (χ1n) is 13.9. The molecule has 0 aliphatic rings. The second-order valence-corrected chi connectivity index (χ2v) is 8.61. The Morgan fingerprint density at radius 2 is 0.700 bits per heavy atom. The maximum atomic E-state index is 3.42. The molecule has 0 heterocycles. The topological polar surface area (TPSA) is 24.1 Å². The van der Waals surface area contributed by atoms with Crippen molar-refractivity contribution in [2.24, 2.45) is 0 Å². The van der Waals surface area contributed by atoms with Gasteiger partial charge in [-0.25, -0.2) is 0 Å². The van der Waals surface area contributed by atoms with Gasteiger partial charge >= 0.3 is 0 Å². The molecule has 206 valence electrons. The summed E-state index contributed by atoms with van der Waals surface area (Å²) in [7, 11) is 0. The van der Waals surface area contributed by atoms with Gasteiger partial charge in [-0.3, -0.25) is 0 Å². The van der Waals surface area contributed by atoms with Crippen molar-refractivity contribution in [3.8, 4) is 0 Å². The molecule has 40 heavy (non-hydrogen) atoms. The quantitative estimate of drug-likeness (QED) is 0.238. The van der Waals surface area contributed by atoms with E-state index in [2.05, 4.69) is 139 Å². The third-order valence-corrected chi connectivity index (χ3v) is 5.90. The number of anilines is 4. The van der Waals surface area contributed by atoms with Gasteiger partial charge in [0.1, 0.15) is 0 Å². The van der Waals surface area contributed by atoms with Crippen LogP contribution in [0, 0.1) is 6.92 Å². The van der Waals surface area contributed by atoms with E-state index in [-0.39, 0.29) is 7.43 Å². The molecular formula is C38H44N2. The molecule has 0 spiro atoms. The maximum absolute atomic E-state index is 3.42. The summed E-state index contributed by atoms with van der Waals surface area (Å²) >= 11 is 0. The van der Waals surface area contributed by atoms with Crippen molar-refractivity contribution in [1.29, 1.82) is 0 Å². The number of nitrogens with one attached hydrogen (secondary N) is 2. The minimum Gasteiger partial charge on any atom is -0.356 e. The van der Waals surface area contributed by atoms with Gasteiger partial charge in [0.2, 0.25) is 0 Å². The number of hydrogen-bond acceptors (Lipinski definition) is 2. The van der Waals surface area contributed by atoms with Gasteiger partial charge in [0.05, 0.1) is 0 Å². The second kappa shape index (κ2) is 17.1. The molecule has 0 atom stereocenters. The fraction of sp³-hybridized carbons (Fsp3) is 0.158. The van der Waals surface area contributed by atoms with Crippen LogP contribution in [0.5, 0.6) is 0 Å². The number of para-hydroxylation sites is 1. The van der Waals surface area contributed by atoms with Crippen molar-refractivity contribution in [3.63, 3.8) is 0 Å². The Hall–Kier alpha value is -4.56. The molecule has 0 aliphatic heterocycles. The van der Waals surface area contributed by atoms with Crippen LogP contribution < -0.4 is 10.6 Å². The van der Waals surface area contributed by atoms with E-state index in [1.54, 1.807) is 0 Å². The van der Waals surface area contributed by atoms with Crippen molar-refractivity contribution >= 4 is 44.3 Å². The van der Waals surface area contributed by atoms with E-state index in [1.165, 1.54) is 27.1 Å². The van der Waals surface area contributed by atoms with E-state index >= 15 is 0 Å². The Kier molecular flexibility index (Phi) is 13.5. The normalized spacial score (nSPS) is 9.43. The van der Waals surface area contributed by atoms with E-state index < -0.39 is 0 Å². The van der Waals surface area contributed by atoms with Crippen LogP contribution in [0.15, 0.2) is 140 Å². The lowest BCUT2D eigenvalue weighted by atomic mass is 10.1. The van der Waals surface area contributed by atoms with Crippen LogP contribution in [-0.4, -0.2) is 0 Å². The molecule has 6 aromatic carbocycles. The summed E-state index contributed by atoms with van der Waals surface area (Å²) in [4.78, 5) is 0. The van der Waals surface area contributed by atoms with E-state index in [9.17, 15) is 0 Å². The largest absolute Gasteiger partial charge is 0.356 e. The number of hydrogen-bond donors (Lipinski definition) is 2. The maximum Gasteiger partial charge on any atom is 0.0390 e. The Morgan fingerprint density at radius 3 is 1.15 bits per heavy atom. The van der Waals surface area contributed by atoms with Gasteiger partial charge < -0.3 is 10.6 Å². The lowest BCUT2D eigenvalue weighted by Crippen LogP contribution is -1.89. The highest BCUT2D eigenvalue weighted by atomic mass is 14.9. The first kappa shape index (κ1) is 31.7. The Labute approximate surface area is 241 Å². The summed E-state index contributed by atoms with van der Waals surface area (Å²) in [5.41, 5.74) is 5.75. The molecule has 2 N–H and O–H groups in total. The smallest absolute Gasteiger partial charge is 0.0390 e. The summed E-state index contributed by atoms with van der Waals surface area (Å²) in [6.07, 6.45) is 0. The van der Waals surface area contributed by atoms with Crippen molar-refractivity contribution in [2.45, 2.75) is 42.0 Å². The van der Waals surface area contributed by atoms with Crippen LogP contribution in [0.4, 0.5) is 22.7 Å². The fourth-order valence-electron chi connectivity index (χ4n) is 4.03. The van der Waals surface area contributed by atoms with Crippen LogP contribution in [0.2, 0.25) is 0 Å². The fourth-order valence-corrected chi connectivity index (χ4v) is 4.03. The number of fused-ring (bicyclic) bond motifs is 2. The summed E-state index contributed by atoms with van der Waals surface area (Å²) in [5, 5.41) is 11.9. The van der Waals surface area contributed by atoms with E-state index in [0.29, 0.717) is 0 Å². The van der Waals surface area contributed by atoms with Crippen molar-refractivity contribution in [1.82, 2.24) is 0 Å². The number of rotatable bonds is 4. The molecule has 2 nitrogen and oxygen atoms in total. The molecule has 6 aromatic rings. The zero-order chi connectivity index (χ0) is 27.9. The highest BCUT2D eigenvalue weighted by molar-refractivity contribution is 5.87. The average Bonchev–Trinajstić information content (AvgIpc) is 3.01. The first-order valence-corrected chi connectivity index (χ1v) is 13.9. The molecule has 0 saturated carbocycles. The summed E-state index contributed by atoms with van der Waals surface area (Å²) in [5.74, 6) is 0. The molecule has 0 unspecified atom stereocenters. The molecule has 0 aliphatic carbocycles. The average molecular weight is 529 g/mol. The van der Waals surface area contributed by atoms with Crippen LogP contribution in [-0.2, 0) is 0 Å². The predicted molar refractivity (Wildman–Crippen MR) is 182 cm³/mol. The van der Waals surface area contributed by atoms with Gasteiger partial charge in [0, 0.05) is 22.7 Å². The van der Waals surface area contributed by atoms with Gasteiger partial charge in [-0.05, 0) is 77.0 Å². The highest BCUT2D eigenvalue weighted by Gasteiger charge is 1.98. The Bertz CT molecular complexity index is 1540. The monoisotopic (exact) mass is 528 g/mol. The molecule has 0 amide bonds. The lowest BCUT2D eigenvalue weighted by Gasteiger charge is -2.08. The number of benzene rings is 6. The minimum absolute atomic E-state index is 0. The molecule has 0 bridgehead atoms. The Morgan fingerprint density at radius 1 is 0.350 bits per heavy atom. The van der Waals surface area contributed by atoms with Crippen LogP contribution in [0.3, 0.4) is 0 Å². The minimum atomic E-state index is 0. The molecule has 0 aromatic heterocycles. The summed E-state index contributed by atoms with van der Waals surface area (Å²) in [6.45, 7) is 10.1. The standard InChI is InChI=1S/C17H15N.C16H13N.2C2H6.CH4/c1-13-6-9-16(10-7-13)18-17-11-8-14-4-2-3-5-15(14)12-17;1-2-8-15(9-3-1)17-16-11-10-13-6-4-5-7-14(13)12-16;2*1-2;/h2-12,18H,1H3;1-12,17H;2*1-2H3;1H4. The van der Waals surface area contributed by atoms with Crippen molar-refractivity contribution in [3.05, 3.63) is 145 Å². The van der Waals surface area contributed by atoms with Gasteiger partial charge in [-0.1, -0.05) is 132 Å². The molecule has 0 saturated heterocycles. The Balaban J connectivity index is 0.000000244. The van der Waals surface area contributed by atoms with E-state index in [1.807, 2.05) is 45.9 Å². The van der Waals surface area contributed by atoms with Crippen molar-refractivity contribution < 1.29 is 0 Å². The van der Waals surface area contributed by atoms with Gasteiger partial charge in [0.25, 0.3) is 0 Å². The molecule has 0 fully saturated rings. The summed E-state index contributed by atoms with van der Waals surface area (Å²) < 4.78 is 0. The molecule has 0 radical (unpaired) electrons. The molecule has 6 rings (SSSR count). The zero-order valence-electron chi connectivity index (χ0n) is 23.8. The SMILES string of the molecule is C.CC.CC.Cc1ccc(Nc2ccc3ccccc3c2)cc1.c1ccc(Nc2ccc3ccccc3c2)cc1. The highest BCUT2D eigenvalue weighted by Crippen LogP contribution is 2.23. The van der Waals surface area contributed by atoms with E-state index in [4.69, 9.17) is 0 Å².